The Hall–Kier alpha value is -0.300. The molecule has 1 nitrogen and oxygen atoms in total. The Kier molecular flexibility index (Phi) is 11.0. The van der Waals surface area contributed by atoms with Gasteiger partial charge in [-0.25, -0.2) is 0 Å². The van der Waals surface area contributed by atoms with Gasteiger partial charge in [0.2, 0.25) is 0 Å². The molecule has 1 heteroatoms. The second-order valence-electron chi connectivity index (χ2n) is 9.34. The zero-order valence-corrected chi connectivity index (χ0v) is 17.9. The molecule has 0 aromatic heterocycles. The summed E-state index contributed by atoms with van der Waals surface area (Å²) in [5.74, 6) is 3.91. The third-order valence-corrected chi connectivity index (χ3v) is 7.48. The summed E-state index contributed by atoms with van der Waals surface area (Å²) in [5, 5.41) is 0. The normalized spacial score (nSPS) is 30.8. The molecule has 2 rings (SSSR count). The molecule has 1 unspecified atom stereocenters. The van der Waals surface area contributed by atoms with Crippen LogP contribution in [0, 0.1) is 23.7 Å². The Bertz CT molecular complexity index is 347. The summed E-state index contributed by atoms with van der Waals surface area (Å²) >= 11 is 0. The number of hydrogen-bond donors (Lipinski definition) is 0. The van der Waals surface area contributed by atoms with Crippen LogP contribution in [0.5, 0.6) is 0 Å². The summed E-state index contributed by atoms with van der Waals surface area (Å²) < 4.78 is 5.88. The Balaban J connectivity index is 1.55. The second kappa shape index (κ2) is 13.0. The molecule has 0 radical (unpaired) electrons. The van der Waals surface area contributed by atoms with E-state index in [0.29, 0.717) is 12.7 Å². The van der Waals surface area contributed by atoms with Gasteiger partial charge in [-0.2, -0.15) is 0 Å². The highest BCUT2D eigenvalue weighted by Gasteiger charge is 2.32. The van der Waals surface area contributed by atoms with Crippen LogP contribution >= 0.6 is 0 Å². The van der Waals surface area contributed by atoms with E-state index in [1.54, 1.807) is 0 Å². The first kappa shape index (κ1) is 22.0. The van der Waals surface area contributed by atoms with Gasteiger partial charge in [0.1, 0.15) is 0 Å². The first-order chi connectivity index (χ1) is 12.7. The summed E-state index contributed by atoms with van der Waals surface area (Å²) in [6, 6.07) is 0. The van der Waals surface area contributed by atoms with Crippen molar-refractivity contribution in [1.82, 2.24) is 0 Å². The van der Waals surface area contributed by atoms with Crippen LogP contribution in [-0.4, -0.2) is 12.7 Å². The molecular weight excluding hydrogens is 316 g/mol. The van der Waals surface area contributed by atoms with Gasteiger partial charge in [-0.05, 0) is 69.1 Å². The summed E-state index contributed by atoms with van der Waals surface area (Å²) in [4.78, 5) is 0. The molecule has 0 saturated heterocycles. The van der Waals surface area contributed by atoms with Gasteiger partial charge in [0.25, 0.3) is 0 Å². The van der Waals surface area contributed by atoms with E-state index in [4.69, 9.17) is 4.74 Å². The van der Waals surface area contributed by atoms with Crippen LogP contribution in [0.1, 0.15) is 110 Å². The van der Waals surface area contributed by atoms with Gasteiger partial charge in [0, 0.05) is 0 Å². The zero-order chi connectivity index (χ0) is 18.6. The monoisotopic (exact) mass is 362 g/mol. The molecule has 0 aromatic rings. The molecule has 0 aromatic carbocycles. The Labute approximate surface area is 164 Å². The molecule has 0 N–H and O–H groups in total. The fourth-order valence-electron chi connectivity index (χ4n) is 5.60. The first-order valence-corrected chi connectivity index (χ1v) is 12.0. The van der Waals surface area contributed by atoms with E-state index >= 15 is 0 Å². The summed E-state index contributed by atoms with van der Waals surface area (Å²) in [6.45, 7) is 9.05. The van der Waals surface area contributed by atoms with Gasteiger partial charge in [0.15, 0.2) is 0 Å². The van der Waals surface area contributed by atoms with E-state index in [-0.39, 0.29) is 0 Å². The van der Waals surface area contributed by atoms with Crippen molar-refractivity contribution in [2.45, 2.75) is 116 Å². The molecule has 152 valence electrons. The molecular formula is C25H46O. The average molecular weight is 363 g/mol. The summed E-state index contributed by atoms with van der Waals surface area (Å²) in [7, 11) is 0. The van der Waals surface area contributed by atoms with Crippen LogP contribution in [0.2, 0.25) is 0 Å². The highest BCUT2D eigenvalue weighted by molar-refractivity contribution is 4.84. The lowest BCUT2D eigenvalue weighted by Gasteiger charge is -2.39. The van der Waals surface area contributed by atoms with Crippen molar-refractivity contribution < 1.29 is 4.74 Å². The average Bonchev–Trinajstić information content (AvgIpc) is 2.69. The minimum absolute atomic E-state index is 0.419. The molecule has 2 aliphatic rings. The van der Waals surface area contributed by atoms with Crippen LogP contribution in [0.15, 0.2) is 12.7 Å². The first-order valence-electron chi connectivity index (χ1n) is 12.0. The molecule has 0 aliphatic heterocycles. The van der Waals surface area contributed by atoms with Gasteiger partial charge in [-0.15, -0.1) is 6.58 Å². The molecule has 0 spiro atoms. The molecule has 0 heterocycles. The van der Waals surface area contributed by atoms with Gasteiger partial charge in [-0.3, -0.25) is 0 Å². The zero-order valence-electron chi connectivity index (χ0n) is 17.9. The lowest BCUT2D eigenvalue weighted by Crippen LogP contribution is -2.30. The Morgan fingerprint density at radius 2 is 1.42 bits per heavy atom. The Morgan fingerprint density at radius 1 is 0.846 bits per heavy atom. The van der Waals surface area contributed by atoms with Crippen molar-refractivity contribution in [3.05, 3.63) is 12.7 Å². The maximum Gasteiger partial charge on any atom is 0.0648 e. The maximum atomic E-state index is 5.88. The van der Waals surface area contributed by atoms with E-state index < -0.39 is 0 Å². The molecule has 2 fully saturated rings. The SMILES string of the molecule is C=CCOC(C)[C@H]1CC[C@H](C2CCC(CCCCCCCC)CC2)CC1. The smallest absolute Gasteiger partial charge is 0.0648 e. The minimum Gasteiger partial charge on any atom is -0.374 e. The number of unbranched alkanes of at least 4 members (excludes halogenated alkanes) is 5. The van der Waals surface area contributed by atoms with Crippen molar-refractivity contribution in [1.29, 1.82) is 0 Å². The molecule has 1 atom stereocenters. The van der Waals surface area contributed by atoms with E-state index in [1.165, 1.54) is 96.3 Å². The van der Waals surface area contributed by atoms with Crippen LogP contribution in [-0.2, 0) is 4.74 Å². The molecule has 26 heavy (non-hydrogen) atoms. The largest absolute Gasteiger partial charge is 0.374 e. The highest BCUT2D eigenvalue weighted by Crippen LogP contribution is 2.43. The summed E-state index contributed by atoms with van der Waals surface area (Å²) in [6.07, 6.45) is 24.3. The lowest BCUT2D eigenvalue weighted by molar-refractivity contribution is 0.0153. The Morgan fingerprint density at radius 3 is 2.04 bits per heavy atom. The molecule has 2 aliphatic carbocycles. The fourth-order valence-corrected chi connectivity index (χ4v) is 5.60. The van der Waals surface area contributed by atoms with E-state index in [2.05, 4.69) is 20.4 Å². The van der Waals surface area contributed by atoms with Crippen LogP contribution < -0.4 is 0 Å². The lowest BCUT2D eigenvalue weighted by atomic mass is 9.68. The number of rotatable bonds is 12. The van der Waals surface area contributed by atoms with Crippen molar-refractivity contribution in [3.8, 4) is 0 Å². The van der Waals surface area contributed by atoms with E-state index in [9.17, 15) is 0 Å². The predicted molar refractivity (Wildman–Crippen MR) is 115 cm³/mol. The molecule has 2 saturated carbocycles. The third-order valence-electron chi connectivity index (χ3n) is 7.48. The van der Waals surface area contributed by atoms with Crippen LogP contribution in [0.3, 0.4) is 0 Å². The van der Waals surface area contributed by atoms with Gasteiger partial charge in [0.05, 0.1) is 12.7 Å². The van der Waals surface area contributed by atoms with Gasteiger partial charge in [-0.1, -0.05) is 70.8 Å². The van der Waals surface area contributed by atoms with Crippen LogP contribution in [0.4, 0.5) is 0 Å². The van der Waals surface area contributed by atoms with Gasteiger partial charge >= 0.3 is 0 Å². The second-order valence-corrected chi connectivity index (χ2v) is 9.34. The van der Waals surface area contributed by atoms with E-state index in [0.717, 1.165) is 23.7 Å². The quantitative estimate of drug-likeness (QED) is 0.253. The predicted octanol–water partition coefficient (Wildman–Crippen LogP) is 7.94. The van der Waals surface area contributed by atoms with Crippen molar-refractivity contribution in [2.24, 2.45) is 23.7 Å². The minimum atomic E-state index is 0.419. The van der Waals surface area contributed by atoms with E-state index in [1.807, 2.05) is 6.08 Å². The standard InChI is InChI=1S/C25H46O/c1-4-6-7-8-9-10-11-22-12-14-24(15-13-22)25-18-16-23(17-19-25)21(3)26-20-5-2/h5,21-25H,2,4,6-20H2,1,3H3/t21?,22?,23-,24?,25-. The number of hydrogen-bond acceptors (Lipinski definition) is 1. The number of ether oxygens (including phenoxy) is 1. The third kappa shape index (κ3) is 7.75. The molecule has 0 bridgehead atoms. The summed E-state index contributed by atoms with van der Waals surface area (Å²) in [5.41, 5.74) is 0. The van der Waals surface area contributed by atoms with Crippen molar-refractivity contribution in [2.75, 3.05) is 6.61 Å². The van der Waals surface area contributed by atoms with Crippen molar-refractivity contribution >= 4 is 0 Å². The highest BCUT2D eigenvalue weighted by atomic mass is 16.5. The van der Waals surface area contributed by atoms with Crippen molar-refractivity contribution in [3.63, 3.8) is 0 Å². The van der Waals surface area contributed by atoms with Gasteiger partial charge < -0.3 is 4.74 Å². The fraction of sp³-hybridized carbons (Fsp3) is 0.920. The molecule has 0 amide bonds. The maximum absolute atomic E-state index is 5.88. The van der Waals surface area contributed by atoms with Crippen LogP contribution in [0.25, 0.3) is 0 Å². The topological polar surface area (TPSA) is 9.23 Å².